The highest BCUT2D eigenvalue weighted by molar-refractivity contribution is 7.99. The van der Waals surface area contributed by atoms with E-state index in [1.165, 1.54) is 10.5 Å². The molecule has 3 N–H and O–H groups in total. The summed E-state index contributed by atoms with van der Waals surface area (Å²) >= 11 is 1.80. The van der Waals surface area contributed by atoms with Gasteiger partial charge in [-0.25, -0.2) is 0 Å². The number of thioether (sulfide) groups is 1. The fraction of sp³-hybridized carbons (Fsp3) is 0.400. The van der Waals surface area contributed by atoms with Crippen LogP contribution >= 0.6 is 11.8 Å². The molecule has 0 aliphatic rings. The van der Waals surface area contributed by atoms with Gasteiger partial charge in [0.05, 0.1) is 11.7 Å². The zero-order valence-electron chi connectivity index (χ0n) is 12.0. The van der Waals surface area contributed by atoms with Crippen molar-refractivity contribution in [3.05, 3.63) is 47.8 Å². The molecule has 0 radical (unpaired) electrons. The van der Waals surface area contributed by atoms with E-state index in [9.17, 15) is 0 Å². The molecule has 0 amide bonds. The van der Waals surface area contributed by atoms with Crippen molar-refractivity contribution in [2.45, 2.75) is 37.8 Å². The van der Waals surface area contributed by atoms with Crippen molar-refractivity contribution in [1.82, 2.24) is 15.2 Å². The molecule has 0 aliphatic carbocycles. The molecule has 0 spiro atoms. The van der Waals surface area contributed by atoms with E-state index in [0.29, 0.717) is 0 Å². The zero-order valence-corrected chi connectivity index (χ0v) is 12.9. The first-order valence-electron chi connectivity index (χ1n) is 6.92. The highest BCUT2D eigenvalue weighted by Gasteiger charge is 2.14. The summed E-state index contributed by atoms with van der Waals surface area (Å²) in [5.41, 5.74) is 5.33. The van der Waals surface area contributed by atoms with Gasteiger partial charge in [0.2, 0.25) is 0 Å². The largest absolute Gasteiger partial charge is 0.271 e. The smallest absolute Gasteiger partial charge is 0.0722 e. The van der Waals surface area contributed by atoms with Crippen LogP contribution in [0.4, 0.5) is 0 Å². The lowest BCUT2D eigenvalue weighted by Gasteiger charge is -2.17. The van der Waals surface area contributed by atoms with Gasteiger partial charge in [-0.15, -0.1) is 11.8 Å². The van der Waals surface area contributed by atoms with Crippen LogP contribution < -0.4 is 11.3 Å². The first kappa shape index (κ1) is 15.1. The van der Waals surface area contributed by atoms with Gasteiger partial charge in [-0.1, -0.05) is 24.6 Å². The molecule has 4 nitrogen and oxygen atoms in total. The minimum atomic E-state index is 0.107. The molecule has 1 atom stereocenters. The van der Waals surface area contributed by atoms with Crippen LogP contribution in [0.3, 0.4) is 0 Å². The highest BCUT2D eigenvalue weighted by Crippen LogP contribution is 2.24. The van der Waals surface area contributed by atoms with Crippen LogP contribution in [0.25, 0.3) is 0 Å². The van der Waals surface area contributed by atoms with E-state index in [-0.39, 0.29) is 6.04 Å². The van der Waals surface area contributed by atoms with Gasteiger partial charge in [0.25, 0.3) is 0 Å². The Morgan fingerprint density at radius 2 is 2.05 bits per heavy atom. The number of nitrogens with two attached hydrogens (primary N) is 1. The van der Waals surface area contributed by atoms with Gasteiger partial charge in [0.1, 0.15) is 0 Å². The molecule has 1 aromatic heterocycles. The number of benzene rings is 1. The van der Waals surface area contributed by atoms with E-state index in [0.717, 1.165) is 24.4 Å². The third-order valence-corrected chi connectivity index (χ3v) is 4.29. The summed E-state index contributed by atoms with van der Waals surface area (Å²) in [6, 6.07) is 10.7. The number of aromatic nitrogens is 2. The number of hydrogen-bond donors (Lipinski definition) is 2. The van der Waals surface area contributed by atoms with Gasteiger partial charge < -0.3 is 0 Å². The van der Waals surface area contributed by atoms with Gasteiger partial charge in [-0.2, -0.15) is 5.10 Å². The van der Waals surface area contributed by atoms with E-state index >= 15 is 0 Å². The average molecular weight is 290 g/mol. The second-order valence-electron chi connectivity index (χ2n) is 4.82. The van der Waals surface area contributed by atoms with Crippen LogP contribution in [-0.4, -0.2) is 15.5 Å². The summed E-state index contributed by atoms with van der Waals surface area (Å²) in [6.07, 6.45) is 2.91. The lowest BCUT2D eigenvalue weighted by atomic mass is 10.2. The molecule has 2 aromatic rings. The third kappa shape index (κ3) is 3.85. The molecule has 0 bridgehead atoms. The number of nitrogens with zero attached hydrogens (tertiary/aromatic N) is 2. The van der Waals surface area contributed by atoms with Crippen LogP contribution in [0.1, 0.15) is 30.6 Å². The van der Waals surface area contributed by atoms with E-state index in [4.69, 9.17) is 5.84 Å². The molecule has 2 rings (SSSR count). The fourth-order valence-corrected chi connectivity index (χ4v) is 3.03. The predicted molar refractivity (Wildman–Crippen MR) is 84.5 cm³/mol. The van der Waals surface area contributed by atoms with Crippen LogP contribution in [0.2, 0.25) is 0 Å². The number of rotatable bonds is 7. The molecule has 0 saturated heterocycles. The van der Waals surface area contributed by atoms with Crippen molar-refractivity contribution in [1.29, 1.82) is 0 Å². The minimum absolute atomic E-state index is 0.107. The van der Waals surface area contributed by atoms with Crippen molar-refractivity contribution in [2.24, 2.45) is 5.84 Å². The number of hydrogen-bond acceptors (Lipinski definition) is 4. The maximum atomic E-state index is 5.71. The van der Waals surface area contributed by atoms with E-state index in [1.807, 2.05) is 16.9 Å². The molecular formula is C15H22N4S. The Balaban J connectivity index is 2.01. The molecule has 5 heteroatoms. The Bertz CT molecular complexity index is 521. The molecule has 0 fully saturated rings. The van der Waals surface area contributed by atoms with Crippen molar-refractivity contribution in [3.63, 3.8) is 0 Å². The van der Waals surface area contributed by atoms with Gasteiger partial charge in [-0.3, -0.25) is 16.0 Å². The maximum Gasteiger partial charge on any atom is 0.0722 e. The predicted octanol–water partition coefficient (Wildman–Crippen LogP) is 2.90. The average Bonchev–Trinajstić information content (AvgIpc) is 2.90. The molecule has 1 aromatic carbocycles. The van der Waals surface area contributed by atoms with Crippen LogP contribution in [-0.2, 0) is 6.54 Å². The zero-order chi connectivity index (χ0) is 14.4. The summed E-state index contributed by atoms with van der Waals surface area (Å²) in [5.74, 6) is 6.60. The molecule has 1 unspecified atom stereocenters. The first-order valence-corrected chi connectivity index (χ1v) is 7.90. The molecular weight excluding hydrogens is 268 g/mol. The fourth-order valence-electron chi connectivity index (χ4n) is 2.07. The van der Waals surface area contributed by atoms with E-state index < -0.39 is 0 Å². The minimum Gasteiger partial charge on any atom is -0.271 e. The monoisotopic (exact) mass is 290 g/mol. The normalized spacial score (nSPS) is 12.6. The highest BCUT2D eigenvalue weighted by atomic mass is 32.2. The number of hydrazine groups is 1. The van der Waals surface area contributed by atoms with Crippen molar-refractivity contribution in [3.8, 4) is 0 Å². The second-order valence-corrected chi connectivity index (χ2v) is 5.92. The van der Waals surface area contributed by atoms with E-state index in [1.54, 1.807) is 11.8 Å². The van der Waals surface area contributed by atoms with Crippen LogP contribution in [0.5, 0.6) is 0 Å². The van der Waals surface area contributed by atoms with Crippen molar-refractivity contribution in [2.75, 3.05) is 5.75 Å². The summed E-state index contributed by atoms with van der Waals surface area (Å²) in [4.78, 5) is 1.26. The molecule has 0 aliphatic heterocycles. The Morgan fingerprint density at radius 1 is 1.30 bits per heavy atom. The quantitative estimate of drug-likeness (QED) is 0.468. The summed E-state index contributed by atoms with van der Waals surface area (Å²) in [5, 5.41) is 4.35. The molecule has 0 saturated carbocycles. The lowest BCUT2D eigenvalue weighted by molar-refractivity contribution is 0.508. The summed E-state index contributed by atoms with van der Waals surface area (Å²) < 4.78 is 2.03. The third-order valence-electron chi connectivity index (χ3n) is 3.18. The van der Waals surface area contributed by atoms with E-state index in [2.05, 4.69) is 48.6 Å². The topological polar surface area (TPSA) is 55.9 Å². The summed E-state index contributed by atoms with van der Waals surface area (Å²) in [6.45, 7) is 5.18. The molecule has 1 heterocycles. The second kappa shape index (κ2) is 7.47. The van der Waals surface area contributed by atoms with Gasteiger partial charge in [0, 0.05) is 23.4 Å². The van der Waals surface area contributed by atoms with Gasteiger partial charge >= 0.3 is 0 Å². The molecule has 20 heavy (non-hydrogen) atoms. The number of aryl methyl sites for hydroxylation is 2. The van der Waals surface area contributed by atoms with Crippen LogP contribution in [0, 0.1) is 6.92 Å². The first-order chi connectivity index (χ1) is 9.74. The van der Waals surface area contributed by atoms with Crippen LogP contribution in [0.15, 0.2) is 41.4 Å². The maximum absolute atomic E-state index is 5.71. The van der Waals surface area contributed by atoms with Gasteiger partial charge in [0.15, 0.2) is 0 Å². The Morgan fingerprint density at radius 3 is 2.70 bits per heavy atom. The molecule has 108 valence electrons. The Hall–Kier alpha value is -1.30. The summed E-state index contributed by atoms with van der Waals surface area (Å²) in [7, 11) is 0. The standard InChI is InChI=1S/C15H22N4S/c1-3-10-19-15(8-9-17-19)14(18-16)11-20-13-6-4-12(2)5-7-13/h4-9,14,18H,3,10-11,16H2,1-2H3. The van der Waals surface area contributed by atoms with Crippen molar-refractivity contribution < 1.29 is 0 Å². The van der Waals surface area contributed by atoms with Gasteiger partial charge in [-0.05, 0) is 31.5 Å². The lowest BCUT2D eigenvalue weighted by Crippen LogP contribution is -2.31. The Labute approximate surface area is 124 Å². The SMILES string of the molecule is CCCn1nccc1C(CSc1ccc(C)cc1)NN. The number of nitrogens with one attached hydrogen (secondary N) is 1. The van der Waals surface area contributed by atoms with Crippen molar-refractivity contribution >= 4 is 11.8 Å². The Kier molecular flexibility index (Phi) is 5.64.